The summed E-state index contributed by atoms with van der Waals surface area (Å²) in [4.78, 5) is 300. The molecule has 3 aliphatic heterocycles. The normalized spacial score (nSPS) is 24.3. The zero-order chi connectivity index (χ0) is 107. The van der Waals surface area contributed by atoms with Crippen molar-refractivity contribution >= 4 is 152 Å². The molecule has 2 aromatic heterocycles. The van der Waals surface area contributed by atoms with Gasteiger partial charge in [-0.3, -0.25) is 91.1 Å². The van der Waals surface area contributed by atoms with Crippen LogP contribution in [0.15, 0.2) is 85.2 Å². The first-order valence-electron chi connectivity index (χ1n) is 48.4. The number of nitrogens with two attached hydrogens (primary N) is 3. The topological polar surface area (TPSA) is 690 Å². The quantitative estimate of drug-likeness (QED) is 0.0208. The number of phenols is 1. The second-order valence-electron chi connectivity index (χ2n) is 37.6. The Bertz CT molecular complexity index is 5550. The van der Waals surface area contributed by atoms with E-state index in [9.17, 15) is 83.1 Å². The summed E-state index contributed by atoms with van der Waals surface area (Å²) in [7, 11) is 3.76. The van der Waals surface area contributed by atoms with Crippen LogP contribution in [0.1, 0.15) is 161 Å². The molecule has 0 saturated carbocycles. The number of carbonyl (C=O) groups excluding carboxylic acids is 17. The molecule has 3 saturated heterocycles. The number of phenolic OH excluding ortho intramolecular Hbond substituents is 1. The molecule has 17 amide bonds. The summed E-state index contributed by atoms with van der Waals surface area (Å²) in [5, 5.41) is 81.2. The van der Waals surface area contributed by atoms with Crippen molar-refractivity contribution in [1.82, 2.24) is 92.5 Å². The second-order valence-corrected chi connectivity index (χ2v) is 38.6. The standard InChI is InChI=1S/C98H137N21O25S/c1-12-15-26-75-90(135)107-65(37-52(4)5)85(130)113-73(89(134)106-67(44-81(124)125)87(132)105-64(22-14-3)98(143)144)50-145-51-80(123)103-69(39-55-30-32-58(120)33-31-55)93(138)114(9)54(8)83(128)109-71(43-79(101)122)95(140)118-36-21-29-76(118)91(136)112-72(45-100)88(133)110-68(38-53(6)7)96(141)119-48-59(121)42-78(119)92(137)108-66(40-56-46-102-62-25-19-17-23-60(56)62)86(131)104-63(34-35-99)84(129)111-70(94(139)116(11)77(27-16-13-2)97(142)115(75)10)41-57-47-117(49-82(126)127)74-28-20-18-24-61(57)74/h3,17-20,23-25,28,30-33,46-47,52-54,59,63-73,75-78,102,120-121H,12-13,15-16,21-22,26-27,29,34-45,48-51,99-100H2,1-2,4-11H3,(H2,101,122)(H,103,123)(H,104,131)(H,105,132)(H,106,134)(H,107,135)(H,108,137)(H,109,128)(H,110,133)(H,111,129)(H,112,136)(H,113,130)(H,124,125)(H,126,127)(H,143,144)/t54-,59+,63-,64-,65-,66-,67+,68-,69-,70-,71-,72-,73-,75-,76-,77-,78-/m0/s1. The molecule has 8 rings (SSSR count). The fourth-order valence-corrected chi connectivity index (χ4v) is 18.6. The van der Waals surface area contributed by atoms with Crippen molar-refractivity contribution in [3.8, 4) is 18.1 Å². The van der Waals surface area contributed by atoms with E-state index in [0.717, 1.165) is 31.5 Å². The summed E-state index contributed by atoms with van der Waals surface area (Å²) in [5.74, 6) is -22.4. The van der Waals surface area contributed by atoms with Crippen LogP contribution >= 0.6 is 11.8 Å². The Morgan fingerprint density at radius 3 is 1.74 bits per heavy atom. The molecule has 0 spiro atoms. The van der Waals surface area contributed by atoms with Crippen molar-refractivity contribution in [2.24, 2.45) is 29.0 Å². The van der Waals surface area contributed by atoms with E-state index in [2.05, 4.69) is 69.4 Å². The van der Waals surface area contributed by atoms with Gasteiger partial charge in [-0.05, 0) is 111 Å². The van der Waals surface area contributed by atoms with Gasteiger partial charge in [0.2, 0.25) is 100 Å². The Hall–Kier alpha value is -14.3. The summed E-state index contributed by atoms with van der Waals surface area (Å²) in [6.07, 6.45) is 3.53. The number of nitrogens with one attached hydrogen (secondary N) is 12. The number of benzene rings is 3. The van der Waals surface area contributed by atoms with Crippen molar-refractivity contribution in [3.05, 3.63) is 102 Å². The smallest absolute Gasteiger partial charge is 0.327 e. The largest absolute Gasteiger partial charge is 0.508 e. The maximum Gasteiger partial charge on any atom is 0.327 e. The van der Waals surface area contributed by atoms with Crippen molar-refractivity contribution in [2.75, 3.05) is 58.8 Å². The summed E-state index contributed by atoms with van der Waals surface area (Å²) in [6.45, 7) is 9.49. The lowest BCUT2D eigenvalue weighted by Gasteiger charge is -2.36. The van der Waals surface area contributed by atoms with E-state index >= 15 is 38.4 Å². The maximum absolute atomic E-state index is 16.1. The number of hydrogen-bond acceptors (Lipinski definition) is 25. The number of aromatic hydroxyl groups is 1. The zero-order valence-electron chi connectivity index (χ0n) is 83.0. The SMILES string of the molecule is C#CC[C@H](NC(=O)[C@@H](CC(=O)O)NC(=O)[C@@H]1CSCC(=O)N[C@@H](Cc2ccc(O)cc2)C(=O)N(C)[C@@H](C)C(=O)N[C@@H](CC(N)=O)C(=O)N2CCC[C@H]2C(=O)N[C@@H](CN)C(=O)N[C@@H](CC(C)C)C(=O)N2C[C@H](O)C[C@H]2C(=O)N[C@@H](Cc2c[nH]c3ccccc23)C(=O)N[C@@H](CCN)C(=O)N[C@@H](Cc2cn(CC(=O)O)c3ccccc23)C(=O)N(C)[C@@H](CCCC)C(=O)N(C)[C@@H](CCCC)C(=O)N[C@@H](CC(C)C)C(=O)N1)C(=O)O. The van der Waals surface area contributed by atoms with Gasteiger partial charge in [-0.1, -0.05) is 116 Å². The molecule has 0 unspecified atom stereocenters. The number of carbonyl (C=O) groups is 20. The van der Waals surface area contributed by atoms with Gasteiger partial charge in [0.15, 0.2) is 0 Å². The Labute approximate surface area is 842 Å². The Morgan fingerprint density at radius 2 is 1.11 bits per heavy atom. The number of aromatic nitrogens is 2. The summed E-state index contributed by atoms with van der Waals surface area (Å²) < 4.78 is 1.41. The number of likely N-dealkylation sites (N-methyl/N-ethyl adjacent to an activating group) is 3. The van der Waals surface area contributed by atoms with E-state index < -0.39 is 290 Å². The number of carboxylic acid groups (broad SMARTS) is 3. The molecule has 0 radical (unpaired) electrons. The maximum atomic E-state index is 16.1. The predicted molar refractivity (Wildman–Crippen MR) is 530 cm³/mol. The van der Waals surface area contributed by atoms with Crippen LogP contribution in [-0.2, 0) is 122 Å². The second kappa shape index (κ2) is 55.0. The van der Waals surface area contributed by atoms with E-state index in [1.807, 2.05) is 0 Å². The van der Waals surface area contributed by atoms with Crippen LogP contribution < -0.4 is 75.7 Å². The van der Waals surface area contributed by atoms with Crippen LogP contribution in [0.3, 0.4) is 0 Å². The molecule has 790 valence electrons. The van der Waals surface area contributed by atoms with E-state index in [1.54, 1.807) is 96.3 Å². The average Bonchev–Trinajstić information content (AvgIpc) is 1.65. The van der Waals surface area contributed by atoms with Gasteiger partial charge >= 0.3 is 17.9 Å². The molecule has 0 bridgehead atoms. The number of rotatable bonds is 31. The summed E-state index contributed by atoms with van der Waals surface area (Å²) >= 11 is 0.621. The van der Waals surface area contributed by atoms with Gasteiger partial charge in [0.05, 0.1) is 24.7 Å². The van der Waals surface area contributed by atoms with Crippen molar-refractivity contribution in [3.63, 3.8) is 0 Å². The minimum absolute atomic E-state index is 0.0537. The number of terminal acetylenes is 1. The van der Waals surface area contributed by atoms with Gasteiger partial charge in [-0.15, -0.1) is 24.1 Å². The third kappa shape index (κ3) is 32.6. The Kier molecular flexibility index (Phi) is 44.0. The number of fused-ring (bicyclic) bond motifs is 4. The number of aliphatic hydroxyl groups excluding tert-OH is 1. The number of unbranched alkanes of at least 4 members (excludes halogenated alkanes) is 2. The minimum atomic E-state index is -2.10. The van der Waals surface area contributed by atoms with E-state index in [4.69, 9.17) is 23.6 Å². The zero-order valence-corrected chi connectivity index (χ0v) is 83.8. The van der Waals surface area contributed by atoms with Gasteiger partial charge in [0, 0.05) is 113 Å². The first kappa shape index (κ1) is 116. The highest BCUT2D eigenvalue weighted by Gasteiger charge is 2.47. The highest BCUT2D eigenvalue weighted by molar-refractivity contribution is 8.00. The number of aromatic amines is 1. The van der Waals surface area contributed by atoms with Crippen LogP contribution in [0.5, 0.6) is 5.75 Å². The number of hydrogen-bond donors (Lipinski definition) is 20. The molecule has 5 heterocycles. The fourth-order valence-electron chi connectivity index (χ4n) is 17.8. The molecule has 23 N–H and O–H groups in total. The number of H-pyrrole nitrogens is 1. The van der Waals surface area contributed by atoms with Gasteiger partial charge in [0.1, 0.15) is 109 Å². The van der Waals surface area contributed by atoms with Crippen molar-refractivity contribution < 1.29 is 121 Å². The third-order valence-corrected chi connectivity index (χ3v) is 26.6. The van der Waals surface area contributed by atoms with Crippen LogP contribution in [0.4, 0.5) is 0 Å². The van der Waals surface area contributed by atoms with Gasteiger partial charge in [-0.25, -0.2) is 4.79 Å². The summed E-state index contributed by atoms with van der Waals surface area (Å²) in [6, 6.07) is -7.67. The highest BCUT2D eigenvalue weighted by atomic mass is 32.2. The van der Waals surface area contributed by atoms with E-state index in [0.29, 0.717) is 63.1 Å². The van der Waals surface area contributed by atoms with Crippen molar-refractivity contribution in [1.29, 1.82) is 0 Å². The molecule has 46 nitrogen and oxygen atoms in total. The number of carboxylic acids is 3. The van der Waals surface area contributed by atoms with Gasteiger partial charge < -0.3 is 135 Å². The van der Waals surface area contributed by atoms with Crippen LogP contribution in [0.25, 0.3) is 21.8 Å². The third-order valence-electron chi connectivity index (χ3n) is 25.6. The first-order chi connectivity index (χ1) is 68.7. The minimum Gasteiger partial charge on any atom is -0.508 e. The Balaban J connectivity index is 1.24. The fraction of sp³-hybridized carbons (Fsp3) is 0.551. The highest BCUT2D eigenvalue weighted by Crippen LogP contribution is 2.29. The van der Waals surface area contributed by atoms with E-state index in [-0.39, 0.29) is 95.4 Å². The number of amides is 17. The number of nitrogens with zero attached hydrogens (tertiary/aromatic N) is 6. The number of primary amides is 1. The van der Waals surface area contributed by atoms with Crippen LogP contribution in [0.2, 0.25) is 0 Å². The molecule has 3 fully saturated rings. The number of aliphatic carboxylic acids is 3. The molecule has 3 aliphatic rings. The first-order valence-corrected chi connectivity index (χ1v) is 49.6. The lowest BCUT2D eigenvalue weighted by molar-refractivity contribution is -0.149. The predicted octanol–water partition coefficient (Wildman–Crippen LogP) is -2.29. The van der Waals surface area contributed by atoms with E-state index in [1.165, 1.54) is 56.0 Å². The molecular formula is C98H137N21O25S. The molecule has 17 atom stereocenters. The van der Waals surface area contributed by atoms with Crippen LogP contribution in [-0.4, -0.2) is 340 Å². The number of thioether (sulfide) groups is 1. The van der Waals surface area contributed by atoms with Crippen LogP contribution in [0, 0.1) is 24.2 Å². The lowest BCUT2D eigenvalue weighted by Crippen LogP contribution is -2.62. The lowest BCUT2D eigenvalue weighted by atomic mass is 9.99. The van der Waals surface area contributed by atoms with Gasteiger partial charge in [0.25, 0.3) is 0 Å². The van der Waals surface area contributed by atoms with Gasteiger partial charge in [-0.2, -0.15) is 0 Å². The Morgan fingerprint density at radius 1 is 0.559 bits per heavy atom. The molecular weight excluding hydrogens is 1900 g/mol. The number of aliphatic hydroxyl groups is 1. The molecule has 3 aromatic carbocycles. The average molecular weight is 2040 g/mol. The molecule has 47 heteroatoms. The molecule has 0 aliphatic carbocycles. The van der Waals surface area contributed by atoms with Crippen molar-refractivity contribution in [2.45, 2.75) is 273 Å². The summed E-state index contributed by atoms with van der Waals surface area (Å²) in [5.41, 5.74) is 20.3. The molecule has 145 heavy (non-hydrogen) atoms. The monoisotopic (exact) mass is 2040 g/mol. The number of para-hydroxylation sites is 2. The molecule has 5 aromatic rings.